The van der Waals surface area contributed by atoms with Crippen molar-refractivity contribution in [2.75, 3.05) is 6.61 Å². The molecular weight excluding hydrogens is 176 g/mol. The molecule has 1 rings (SSSR count). The maximum atomic E-state index is 9.07. The number of aliphatic hydroxyl groups excluding tert-OH is 1. The molecular formula is C12H24O2. The number of aliphatic hydroxyl groups is 1. The van der Waals surface area contributed by atoms with Crippen LogP contribution in [0.2, 0.25) is 0 Å². The normalized spacial score (nSPS) is 30.2. The summed E-state index contributed by atoms with van der Waals surface area (Å²) in [4.78, 5) is 0. The molecule has 0 amide bonds. The molecule has 2 heteroatoms. The molecule has 1 N–H and O–H groups in total. The van der Waals surface area contributed by atoms with Crippen molar-refractivity contribution < 1.29 is 9.84 Å². The molecule has 1 aliphatic rings. The first-order valence-electron chi connectivity index (χ1n) is 5.98. The van der Waals surface area contributed by atoms with Gasteiger partial charge < -0.3 is 9.84 Å². The molecule has 0 bridgehead atoms. The highest BCUT2D eigenvalue weighted by Crippen LogP contribution is 2.25. The second-order valence-corrected chi connectivity index (χ2v) is 4.74. The standard InChI is InChI=1S/C12H24O2/c1-10-5-7-12(8-6-10)14-9-3-4-11(2)13/h10-13H,3-9H2,1-2H3. The van der Waals surface area contributed by atoms with Crippen molar-refractivity contribution in [3.63, 3.8) is 0 Å². The Hall–Kier alpha value is -0.0800. The van der Waals surface area contributed by atoms with Crippen molar-refractivity contribution in [2.24, 2.45) is 5.92 Å². The van der Waals surface area contributed by atoms with Crippen LogP contribution in [0.25, 0.3) is 0 Å². The maximum Gasteiger partial charge on any atom is 0.0575 e. The van der Waals surface area contributed by atoms with Gasteiger partial charge in [0.15, 0.2) is 0 Å². The van der Waals surface area contributed by atoms with Gasteiger partial charge in [0, 0.05) is 6.61 Å². The van der Waals surface area contributed by atoms with Crippen LogP contribution >= 0.6 is 0 Å². The van der Waals surface area contributed by atoms with Crippen LogP contribution in [0.5, 0.6) is 0 Å². The van der Waals surface area contributed by atoms with E-state index >= 15 is 0 Å². The fourth-order valence-electron chi connectivity index (χ4n) is 2.02. The Morgan fingerprint density at radius 2 is 1.93 bits per heavy atom. The zero-order chi connectivity index (χ0) is 10.4. The molecule has 0 aromatic heterocycles. The SMILES string of the molecule is CC(O)CCCOC1CCC(C)CC1. The van der Waals surface area contributed by atoms with E-state index in [4.69, 9.17) is 9.84 Å². The molecule has 1 fully saturated rings. The Kier molecular flexibility index (Phi) is 5.49. The van der Waals surface area contributed by atoms with Gasteiger partial charge in [-0.3, -0.25) is 0 Å². The third kappa shape index (κ3) is 4.97. The first kappa shape index (κ1) is 12.0. The van der Waals surface area contributed by atoms with Crippen LogP contribution in [0.1, 0.15) is 52.4 Å². The summed E-state index contributed by atoms with van der Waals surface area (Å²) in [7, 11) is 0. The second kappa shape index (κ2) is 6.41. The van der Waals surface area contributed by atoms with Crippen molar-refractivity contribution in [2.45, 2.75) is 64.6 Å². The monoisotopic (exact) mass is 200 g/mol. The van der Waals surface area contributed by atoms with Gasteiger partial charge in [-0.2, -0.15) is 0 Å². The molecule has 1 unspecified atom stereocenters. The quantitative estimate of drug-likeness (QED) is 0.691. The Bertz CT molecular complexity index is 137. The van der Waals surface area contributed by atoms with Gasteiger partial charge in [-0.25, -0.2) is 0 Å². The summed E-state index contributed by atoms with van der Waals surface area (Å²) in [6.45, 7) is 4.98. The lowest BCUT2D eigenvalue weighted by Crippen LogP contribution is -2.21. The molecule has 0 aromatic rings. The third-order valence-electron chi connectivity index (χ3n) is 3.08. The van der Waals surface area contributed by atoms with Gasteiger partial charge >= 0.3 is 0 Å². The van der Waals surface area contributed by atoms with Gasteiger partial charge in [0.05, 0.1) is 12.2 Å². The van der Waals surface area contributed by atoms with Crippen LogP contribution in [-0.4, -0.2) is 23.9 Å². The summed E-state index contributed by atoms with van der Waals surface area (Å²) >= 11 is 0. The van der Waals surface area contributed by atoms with Crippen LogP contribution in [-0.2, 0) is 4.74 Å². The predicted octanol–water partition coefficient (Wildman–Crippen LogP) is 2.74. The topological polar surface area (TPSA) is 29.5 Å². The Morgan fingerprint density at radius 1 is 1.29 bits per heavy atom. The van der Waals surface area contributed by atoms with E-state index in [1.807, 2.05) is 6.92 Å². The van der Waals surface area contributed by atoms with Crippen molar-refractivity contribution in [1.29, 1.82) is 0 Å². The average molecular weight is 200 g/mol. The second-order valence-electron chi connectivity index (χ2n) is 4.74. The fourth-order valence-corrected chi connectivity index (χ4v) is 2.02. The smallest absolute Gasteiger partial charge is 0.0575 e. The zero-order valence-electron chi connectivity index (χ0n) is 9.54. The van der Waals surface area contributed by atoms with Gasteiger partial charge in [0.25, 0.3) is 0 Å². The van der Waals surface area contributed by atoms with Crippen molar-refractivity contribution in [1.82, 2.24) is 0 Å². The van der Waals surface area contributed by atoms with E-state index < -0.39 is 0 Å². The maximum absolute atomic E-state index is 9.07. The van der Waals surface area contributed by atoms with Gasteiger partial charge in [-0.05, 0) is 51.4 Å². The summed E-state index contributed by atoms with van der Waals surface area (Å²) < 4.78 is 5.77. The lowest BCUT2D eigenvalue weighted by Gasteiger charge is -2.26. The van der Waals surface area contributed by atoms with Gasteiger partial charge in [0.2, 0.25) is 0 Å². The van der Waals surface area contributed by atoms with Gasteiger partial charge in [0.1, 0.15) is 0 Å². The molecule has 84 valence electrons. The van der Waals surface area contributed by atoms with Crippen LogP contribution in [0.4, 0.5) is 0 Å². The third-order valence-corrected chi connectivity index (χ3v) is 3.08. The summed E-state index contributed by atoms with van der Waals surface area (Å²) in [6, 6.07) is 0. The highest BCUT2D eigenvalue weighted by atomic mass is 16.5. The number of hydrogen-bond donors (Lipinski definition) is 1. The molecule has 0 saturated heterocycles. The Labute approximate surface area is 87.7 Å². The van der Waals surface area contributed by atoms with Crippen LogP contribution < -0.4 is 0 Å². The van der Waals surface area contributed by atoms with Gasteiger partial charge in [-0.1, -0.05) is 6.92 Å². The minimum Gasteiger partial charge on any atom is -0.393 e. The molecule has 0 radical (unpaired) electrons. The summed E-state index contributed by atoms with van der Waals surface area (Å²) in [5.41, 5.74) is 0. The molecule has 0 spiro atoms. The van der Waals surface area contributed by atoms with E-state index in [-0.39, 0.29) is 6.10 Å². The van der Waals surface area contributed by atoms with Crippen LogP contribution in [0.15, 0.2) is 0 Å². The zero-order valence-corrected chi connectivity index (χ0v) is 9.54. The number of ether oxygens (including phenoxy) is 1. The molecule has 2 nitrogen and oxygen atoms in total. The molecule has 0 aliphatic heterocycles. The van der Waals surface area contributed by atoms with E-state index in [1.165, 1.54) is 25.7 Å². The van der Waals surface area contributed by atoms with Crippen molar-refractivity contribution in [3.05, 3.63) is 0 Å². The minimum absolute atomic E-state index is 0.176. The molecule has 1 atom stereocenters. The lowest BCUT2D eigenvalue weighted by atomic mass is 9.89. The van der Waals surface area contributed by atoms with E-state index in [0.717, 1.165) is 25.4 Å². The van der Waals surface area contributed by atoms with E-state index in [9.17, 15) is 0 Å². The number of hydrogen-bond acceptors (Lipinski definition) is 2. The Morgan fingerprint density at radius 3 is 2.50 bits per heavy atom. The largest absolute Gasteiger partial charge is 0.393 e. The van der Waals surface area contributed by atoms with Crippen molar-refractivity contribution in [3.8, 4) is 0 Å². The lowest BCUT2D eigenvalue weighted by molar-refractivity contribution is 0.0141. The molecule has 14 heavy (non-hydrogen) atoms. The molecule has 0 aromatic carbocycles. The van der Waals surface area contributed by atoms with Crippen LogP contribution in [0, 0.1) is 5.92 Å². The minimum atomic E-state index is -0.176. The molecule has 1 saturated carbocycles. The Balaban J connectivity index is 1.96. The highest BCUT2D eigenvalue weighted by Gasteiger charge is 2.18. The first-order valence-corrected chi connectivity index (χ1v) is 5.98. The summed E-state index contributed by atoms with van der Waals surface area (Å²) in [6.07, 6.45) is 7.28. The average Bonchev–Trinajstić information content (AvgIpc) is 2.15. The number of rotatable bonds is 5. The fraction of sp³-hybridized carbons (Fsp3) is 1.00. The summed E-state index contributed by atoms with van der Waals surface area (Å²) in [5.74, 6) is 0.896. The van der Waals surface area contributed by atoms with Crippen molar-refractivity contribution >= 4 is 0 Å². The summed E-state index contributed by atoms with van der Waals surface area (Å²) in [5, 5.41) is 9.07. The van der Waals surface area contributed by atoms with E-state index in [0.29, 0.717) is 6.10 Å². The van der Waals surface area contributed by atoms with Crippen LogP contribution in [0.3, 0.4) is 0 Å². The predicted molar refractivity (Wildman–Crippen MR) is 58.3 cm³/mol. The van der Waals surface area contributed by atoms with Gasteiger partial charge in [-0.15, -0.1) is 0 Å². The van der Waals surface area contributed by atoms with E-state index in [2.05, 4.69) is 6.92 Å². The van der Waals surface area contributed by atoms with E-state index in [1.54, 1.807) is 0 Å². The highest BCUT2D eigenvalue weighted by molar-refractivity contribution is 4.69. The molecule has 1 aliphatic carbocycles. The first-order chi connectivity index (χ1) is 6.68. The molecule has 0 heterocycles.